The molecule has 0 aliphatic carbocycles. The van der Waals surface area contributed by atoms with Crippen molar-refractivity contribution >= 4 is 5.91 Å². The minimum Gasteiger partial charge on any atom is -0.389 e. The van der Waals surface area contributed by atoms with E-state index < -0.39 is 12.2 Å². The molecule has 1 heterocycles. The molecule has 1 amide bonds. The number of hydrogen-bond acceptors (Lipinski definition) is 4. The molecule has 0 saturated carbocycles. The van der Waals surface area contributed by atoms with E-state index in [9.17, 15) is 15.0 Å². The van der Waals surface area contributed by atoms with Crippen LogP contribution < -0.4 is 5.32 Å². The van der Waals surface area contributed by atoms with Gasteiger partial charge in [-0.1, -0.05) is 5.92 Å². The SMILES string of the molecule is C#CCNC(=O)CN1C[C@@H](O)[C@@H](O)C1. The van der Waals surface area contributed by atoms with Gasteiger partial charge in [-0.25, -0.2) is 0 Å². The smallest absolute Gasteiger partial charge is 0.234 e. The van der Waals surface area contributed by atoms with Crippen LogP contribution in [0.25, 0.3) is 0 Å². The van der Waals surface area contributed by atoms with Crippen LogP contribution in [0.1, 0.15) is 0 Å². The number of terminal acetylenes is 1. The largest absolute Gasteiger partial charge is 0.389 e. The lowest BCUT2D eigenvalue weighted by Crippen LogP contribution is -2.36. The Bertz CT molecular complexity index is 239. The Hall–Kier alpha value is -1.09. The standard InChI is InChI=1S/C9H14N2O3/c1-2-3-10-9(14)6-11-4-7(12)8(13)5-11/h1,7-8,12-13H,3-6H2,(H,10,14)/t7-,8+. The van der Waals surface area contributed by atoms with E-state index in [0.717, 1.165) is 0 Å². The summed E-state index contributed by atoms with van der Waals surface area (Å²) in [6, 6.07) is 0. The normalized spacial score (nSPS) is 27.2. The second-order valence-corrected chi connectivity index (χ2v) is 3.31. The molecule has 0 aromatic rings. The predicted octanol–water partition coefficient (Wildman–Crippen LogP) is -2.23. The molecule has 0 aromatic heterocycles. The molecule has 1 aliphatic rings. The molecule has 1 saturated heterocycles. The van der Waals surface area contributed by atoms with E-state index in [1.54, 1.807) is 4.90 Å². The fourth-order valence-electron chi connectivity index (χ4n) is 1.38. The van der Waals surface area contributed by atoms with Gasteiger partial charge in [0.1, 0.15) is 0 Å². The van der Waals surface area contributed by atoms with Gasteiger partial charge in [-0.05, 0) is 0 Å². The topological polar surface area (TPSA) is 72.8 Å². The van der Waals surface area contributed by atoms with Crippen molar-refractivity contribution in [2.24, 2.45) is 0 Å². The first-order valence-corrected chi connectivity index (χ1v) is 4.42. The molecule has 0 spiro atoms. The number of aliphatic hydroxyl groups is 2. The van der Waals surface area contributed by atoms with E-state index in [4.69, 9.17) is 6.42 Å². The van der Waals surface area contributed by atoms with Crippen molar-refractivity contribution in [3.63, 3.8) is 0 Å². The molecule has 0 unspecified atom stereocenters. The van der Waals surface area contributed by atoms with Crippen molar-refractivity contribution in [1.29, 1.82) is 0 Å². The number of aliphatic hydroxyl groups excluding tert-OH is 2. The van der Waals surface area contributed by atoms with E-state index >= 15 is 0 Å². The third-order valence-corrected chi connectivity index (χ3v) is 2.09. The van der Waals surface area contributed by atoms with Gasteiger partial charge in [0.2, 0.25) is 5.91 Å². The Kier molecular flexibility index (Phi) is 3.89. The number of nitrogens with zero attached hydrogens (tertiary/aromatic N) is 1. The van der Waals surface area contributed by atoms with Gasteiger partial charge in [0.05, 0.1) is 25.3 Å². The number of amides is 1. The highest BCUT2D eigenvalue weighted by Gasteiger charge is 2.30. The lowest BCUT2D eigenvalue weighted by atomic mass is 10.3. The Balaban J connectivity index is 2.26. The lowest BCUT2D eigenvalue weighted by molar-refractivity contribution is -0.121. The maximum atomic E-state index is 11.2. The first-order chi connectivity index (χ1) is 6.63. The zero-order chi connectivity index (χ0) is 10.6. The quantitative estimate of drug-likeness (QED) is 0.449. The summed E-state index contributed by atoms with van der Waals surface area (Å²) in [5.74, 6) is 2.10. The van der Waals surface area contributed by atoms with Crippen LogP contribution >= 0.6 is 0 Å². The Morgan fingerprint density at radius 3 is 2.57 bits per heavy atom. The van der Waals surface area contributed by atoms with Crippen LogP contribution in [-0.2, 0) is 4.79 Å². The maximum Gasteiger partial charge on any atom is 0.234 e. The molecule has 0 aromatic carbocycles. The summed E-state index contributed by atoms with van der Waals surface area (Å²) in [6.07, 6.45) is 3.46. The number of carbonyl (C=O) groups is 1. The van der Waals surface area contributed by atoms with Gasteiger partial charge in [-0.15, -0.1) is 6.42 Å². The van der Waals surface area contributed by atoms with Gasteiger partial charge < -0.3 is 15.5 Å². The van der Waals surface area contributed by atoms with Crippen LogP contribution in [-0.4, -0.2) is 59.4 Å². The number of nitrogens with one attached hydrogen (secondary N) is 1. The minimum atomic E-state index is -0.754. The van der Waals surface area contributed by atoms with Crippen LogP contribution in [0, 0.1) is 12.3 Å². The van der Waals surface area contributed by atoms with E-state index in [2.05, 4.69) is 11.2 Å². The number of β-amino-alcohol motifs (C(OH)–C–C–N with tert-alkyl or cyclic N) is 2. The first-order valence-electron chi connectivity index (χ1n) is 4.42. The molecule has 0 radical (unpaired) electrons. The number of likely N-dealkylation sites (tertiary alicyclic amines) is 1. The van der Waals surface area contributed by atoms with Crippen molar-refractivity contribution in [3.8, 4) is 12.3 Å². The monoisotopic (exact) mass is 198 g/mol. The van der Waals surface area contributed by atoms with E-state index in [0.29, 0.717) is 13.1 Å². The fraction of sp³-hybridized carbons (Fsp3) is 0.667. The molecule has 2 atom stereocenters. The summed E-state index contributed by atoms with van der Waals surface area (Å²) in [6.45, 7) is 1.02. The molecule has 1 rings (SSSR count). The Morgan fingerprint density at radius 2 is 2.07 bits per heavy atom. The lowest BCUT2D eigenvalue weighted by Gasteiger charge is -2.13. The molecule has 1 aliphatic heterocycles. The van der Waals surface area contributed by atoms with Gasteiger partial charge in [0.25, 0.3) is 0 Å². The Labute approximate surface area is 82.7 Å². The van der Waals surface area contributed by atoms with Crippen molar-refractivity contribution in [2.45, 2.75) is 12.2 Å². The maximum absolute atomic E-state index is 11.2. The molecule has 14 heavy (non-hydrogen) atoms. The molecule has 0 bridgehead atoms. The van der Waals surface area contributed by atoms with Gasteiger partial charge in [-0.2, -0.15) is 0 Å². The summed E-state index contributed by atoms with van der Waals surface area (Å²) in [5.41, 5.74) is 0. The second kappa shape index (κ2) is 4.96. The van der Waals surface area contributed by atoms with E-state index in [-0.39, 0.29) is 19.0 Å². The predicted molar refractivity (Wildman–Crippen MR) is 50.3 cm³/mol. The minimum absolute atomic E-state index is 0.163. The first kappa shape index (κ1) is 11.0. The van der Waals surface area contributed by atoms with Gasteiger partial charge >= 0.3 is 0 Å². The molecule has 3 N–H and O–H groups in total. The molecule has 78 valence electrons. The van der Waals surface area contributed by atoms with Crippen molar-refractivity contribution < 1.29 is 15.0 Å². The molecular formula is C9H14N2O3. The summed E-state index contributed by atoms with van der Waals surface area (Å²) in [7, 11) is 0. The highest BCUT2D eigenvalue weighted by atomic mass is 16.3. The summed E-state index contributed by atoms with van der Waals surface area (Å²) < 4.78 is 0. The van der Waals surface area contributed by atoms with Crippen LogP contribution in [0.3, 0.4) is 0 Å². The zero-order valence-electron chi connectivity index (χ0n) is 7.81. The Morgan fingerprint density at radius 1 is 1.50 bits per heavy atom. The van der Waals surface area contributed by atoms with Crippen molar-refractivity contribution in [1.82, 2.24) is 10.2 Å². The van der Waals surface area contributed by atoms with Gasteiger partial charge in [0.15, 0.2) is 0 Å². The van der Waals surface area contributed by atoms with E-state index in [1.165, 1.54) is 0 Å². The number of carbonyl (C=O) groups excluding carboxylic acids is 1. The molecule has 1 fully saturated rings. The number of hydrogen-bond donors (Lipinski definition) is 3. The summed E-state index contributed by atoms with van der Waals surface area (Å²) in [4.78, 5) is 12.8. The van der Waals surface area contributed by atoms with Gasteiger partial charge in [-0.3, -0.25) is 9.69 Å². The second-order valence-electron chi connectivity index (χ2n) is 3.31. The molecule has 5 heteroatoms. The van der Waals surface area contributed by atoms with Crippen LogP contribution in [0.2, 0.25) is 0 Å². The molecule has 5 nitrogen and oxygen atoms in total. The average Bonchev–Trinajstić information content (AvgIpc) is 2.42. The van der Waals surface area contributed by atoms with Crippen molar-refractivity contribution in [3.05, 3.63) is 0 Å². The van der Waals surface area contributed by atoms with Crippen LogP contribution in [0.5, 0.6) is 0 Å². The summed E-state index contributed by atoms with van der Waals surface area (Å²) >= 11 is 0. The molecular weight excluding hydrogens is 184 g/mol. The fourth-order valence-corrected chi connectivity index (χ4v) is 1.38. The highest BCUT2D eigenvalue weighted by molar-refractivity contribution is 5.78. The van der Waals surface area contributed by atoms with Crippen LogP contribution in [0.4, 0.5) is 0 Å². The average molecular weight is 198 g/mol. The summed E-state index contributed by atoms with van der Waals surface area (Å²) in [5, 5.41) is 20.9. The third-order valence-electron chi connectivity index (χ3n) is 2.09. The van der Waals surface area contributed by atoms with Crippen LogP contribution in [0.15, 0.2) is 0 Å². The van der Waals surface area contributed by atoms with Crippen molar-refractivity contribution in [2.75, 3.05) is 26.2 Å². The van der Waals surface area contributed by atoms with E-state index in [1.807, 2.05) is 0 Å². The zero-order valence-corrected chi connectivity index (χ0v) is 7.81. The van der Waals surface area contributed by atoms with Gasteiger partial charge in [0, 0.05) is 13.1 Å². The third kappa shape index (κ3) is 3.00. The highest BCUT2D eigenvalue weighted by Crippen LogP contribution is 2.08. The number of rotatable bonds is 3.